The molecule has 2 unspecified atom stereocenters. The van der Waals surface area contributed by atoms with Crippen molar-refractivity contribution in [2.24, 2.45) is 11.8 Å². The van der Waals surface area contributed by atoms with Gasteiger partial charge in [0.15, 0.2) is 5.13 Å². The zero-order valence-corrected chi connectivity index (χ0v) is 14.0. The molecule has 0 bridgehead atoms. The predicted octanol–water partition coefficient (Wildman–Crippen LogP) is 3.61. The molecule has 112 valence electrons. The van der Waals surface area contributed by atoms with Crippen LogP contribution in [0.3, 0.4) is 0 Å². The van der Waals surface area contributed by atoms with E-state index in [4.69, 9.17) is 4.98 Å². The van der Waals surface area contributed by atoms with Crippen LogP contribution in [0, 0.1) is 11.8 Å². The Labute approximate surface area is 126 Å². The number of nitrogens with zero attached hydrogens (tertiary/aromatic N) is 2. The summed E-state index contributed by atoms with van der Waals surface area (Å²) in [6.45, 7) is 8.93. The SMILES string of the molecule is CC(C)NCc1sc(N(C)CC2CC2C)nc1C1CC1. The van der Waals surface area contributed by atoms with Crippen LogP contribution in [0.25, 0.3) is 0 Å². The largest absolute Gasteiger partial charge is 0.351 e. The van der Waals surface area contributed by atoms with Crippen molar-refractivity contribution in [2.75, 3.05) is 18.5 Å². The zero-order chi connectivity index (χ0) is 14.3. The fourth-order valence-electron chi connectivity index (χ4n) is 2.70. The highest BCUT2D eigenvalue weighted by Gasteiger charge is 2.35. The molecule has 1 heterocycles. The van der Waals surface area contributed by atoms with E-state index in [0.29, 0.717) is 6.04 Å². The Balaban J connectivity index is 1.69. The van der Waals surface area contributed by atoms with Gasteiger partial charge in [0, 0.05) is 37.0 Å². The van der Waals surface area contributed by atoms with Crippen molar-refractivity contribution in [1.82, 2.24) is 10.3 Å². The Bertz CT molecular complexity index is 464. The van der Waals surface area contributed by atoms with Gasteiger partial charge in [0.2, 0.25) is 0 Å². The highest BCUT2D eigenvalue weighted by atomic mass is 32.1. The van der Waals surface area contributed by atoms with E-state index < -0.39 is 0 Å². The maximum absolute atomic E-state index is 4.96. The van der Waals surface area contributed by atoms with Crippen LogP contribution >= 0.6 is 11.3 Å². The van der Waals surface area contributed by atoms with Crippen LogP contribution in [0.5, 0.6) is 0 Å². The summed E-state index contributed by atoms with van der Waals surface area (Å²) in [5.41, 5.74) is 1.38. The van der Waals surface area contributed by atoms with Gasteiger partial charge in [-0.25, -0.2) is 4.98 Å². The molecule has 4 heteroatoms. The van der Waals surface area contributed by atoms with E-state index in [0.717, 1.165) is 24.3 Å². The van der Waals surface area contributed by atoms with E-state index in [2.05, 4.69) is 38.0 Å². The minimum Gasteiger partial charge on any atom is -0.351 e. The normalized spacial score (nSPS) is 25.2. The molecule has 2 saturated carbocycles. The smallest absolute Gasteiger partial charge is 0.185 e. The Hall–Kier alpha value is -0.610. The van der Waals surface area contributed by atoms with Gasteiger partial charge in [0.05, 0.1) is 5.69 Å². The molecule has 3 nitrogen and oxygen atoms in total. The number of hydrogen-bond acceptors (Lipinski definition) is 4. The number of aromatic nitrogens is 1. The zero-order valence-electron chi connectivity index (χ0n) is 13.1. The topological polar surface area (TPSA) is 28.2 Å². The standard InChI is InChI=1S/C16H27N3S/c1-10(2)17-8-14-15(12-5-6-12)18-16(20-14)19(4)9-13-7-11(13)3/h10-13,17H,5-9H2,1-4H3. The summed E-state index contributed by atoms with van der Waals surface area (Å²) >= 11 is 1.90. The lowest BCUT2D eigenvalue weighted by atomic mass is 10.2. The first-order valence-electron chi connectivity index (χ1n) is 7.98. The minimum absolute atomic E-state index is 0.539. The molecule has 3 rings (SSSR count). The summed E-state index contributed by atoms with van der Waals surface area (Å²) in [6.07, 6.45) is 4.06. The van der Waals surface area contributed by atoms with Gasteiger partial charge in [0.1, 0.15) is 0 Å². The van der Waals surface area contributed by atoms with Crippen molar-refractivity contribution < 1.29 is 0 Å². The van der Waals surface area contributed by atoms with Gasteiger partial charge in [-0.3, -0.25) is 0 Å². The third-order valence-electron chi connectivity index (χ3n) is 4.46. The number of thiazole rings is 1. The average molecular weight is 293 g/mol. The Morgan fingerprint density at radius 3 is 2.65 bits per heavy atom. The average Bonchev–Trinajstić information content (AvgIpc) is 3.30. The van der Waals surface area contributed by atoms with Gasteiger partial charge < -0.3 is 10.2 Å². The van der Waals surface area contributed by atoms with Crippen LogP contribution in [-0.4, -0.2) is 24.6 Å². The Morgan fingerprint density at radius 2 is 2.10 bits per heavy atom. The molecule has 0 radical (unpaired) electrons. The summed E-state index contributed by atoms with van der Waals surface area (Å²) in [5.74, 6) is 2.56. The molecule has 2 atom stereocenters. The van der Waals surface area contributed by atoms with E-state index >= 15 is 0 Å². The minimum atomic E-state index is 0.539. The van der Waals surface area contributed by atoms with Crippen LogP contribution in [0.4, 0.5) is 5.13 Å². The first kappa shape index (κ1) is 14.3. The fraction of sp³-hybridized carbons (Fsp3) is 0.812. The Morgan fingerprint density at radius 1 is 1.40 bits per heavy atom. The van der Waals surface area contributed by atoms with Crippen LogP contribution < -0.4 is 10.2 Å². The lowest BCUT2D eigenvalue weighted by molar-refractivity contribution is 0.590. The van der Waals surface area contributed by atoms with E-state index in [-0.39, 0.29) is 0 Å². The van der Waals surface area contributed by atoms with Crippen molar-refractivity contribution >= 4 is 16.5 Å². The summed E-state index contributed by atoms with van der Waals surface area (Å²) in [7, 11) is 2.21. The Kier molecular flexibility index (Phi) is 4.04. The lowest BCUT2D eigenvalue weighted by Gasteiger charge is -2.15. The second kappa shape index (κ2) is 5.64. The number of anilines is 1. The summed E-state index contributed by atoms with van der Waals surface area (Å²) < 4.78 is 0. The third-order valence-corrected chi connectivity index (χ3v) is 5.65. The van der Waals surface area contributed by atoms with Gasteiger partial charge in [-0.1, -0.05) is 20.8 Å². The maximum atomic E-state index is 4.96. The van der Waals surface area contributed by atoms with Crippen LogP contribution in [-0.2, 0) is 6.54 Å². The maximum Gasteiger partial charge on any atom is 0.185 e. The molecule has 0 aromatic carbocycles. The lowest BCUT2D eigenvalue weighted by Crippen LogP contribution is -2.21. The number of rotatable bonds is 7. The predicted molar refractivity (Wildman–Crippen MR) is 86.6 cm³/mol. The van der Waals surface area contributed by atoms with Crippen LogP contribution in [0.1, 0.15) is 56.5 Å². The number of nitrogens with one attached hydrogen (secondary N) is 1. The molecule has 2 fully saturated rings. The third kappa shape index (κ3) is 3.34. The second-order valence-corrected chi connectivity index (χ2v) is 8.03. The van der Waals surface area contributed by atoms with Crippen molar-refractivity contribution in [3.8, 4) is 0 Å². The van der Waals surface area contributed by atoms with Gasteiger partial charge in [-0.2, -0.15) is 0 Å². The molecule has 1 aromatic rings. The highest BCUT2D eigenvalue weighted by molar-refractivity contribution is 7.15. The van der Waals surface area contributed by atoms with Gasteiger partial charge in [-0.15, -0.1) is 11.3 Å². The van der Waals surface area contributed by atoms with Crippen molar-refractivity contribution in [1.29, 1.82) is 0 Å². The van der Waals surface area contributed by atoms with Crippen molar-refractivity contribution in [3.63, 3.8) is 0 Å². The molecule has 1 aromatic heterocycles. The van der Waals surface area contributed by atoms with E-state index in [1.54, 1.807) is 0 Å². The molecule has 2 aliphatic carbocycles. The second-order valence-electron chi connectivity index (χ2n) is 6.97. The molecular formula is C16H27N3S. The van der Waals surface area contributed by atoms with E-state index in [1.165, 1.54) is 41.5 Å². The molecule has 0 saturated heterocycles. The fourth-order valence-corrected chi connectivity index (χ4v) is 3.76. The molecule has 2 aliphatic rings. The first-order valence-corrected chi connectivity index (χ1v) is 8.80. The van der Waals surface area contributed by atoms with Crippen LogP contribution in [0.15, 0.2) is 0 Å². The summed E-state index contributed by atoms with van der Waals surface area (Å²) in [4.78, 5) is 8.80. The molecule has 1 N–H and O–H groups in total. The number of hydrogen-bond donors (Lipinski definition) is 1. The highest BCUT2D eigenvalue weighted by Crippen LogP contribution is 2.45. The summed E-state index contributed by atoms with van der Waals surface area (Å²) in [5, 5.41) is 4.78. The van der Waals surface area contributed by atoms with Crippen LogP contribution in [0.2, 0.25) is 0 Å². The molecule has 0 amide bonds. The molecule has 0 spiro atoms. The first-order chi connectivity index (χ1) is 9.54. The van der Waals surface area contributed by atoms with Gasteiger partial charge >= 0.3 is 0 Å². The van der Waals surface area contributed by atoms with Gasteiger partial charge in [0.25, 0.3) is 0 Å². The van der Waals surface area contributed by atoms with Crippen molar-refractivity contribution in [2.45, 2.75) is 58.5 Å². The monoisotopic (exact) mass is 293 g/mol. The van der Waals surface area contributed by atoms with E-state index in [1.807, 2.05) is 11.3 Å². The quantitative estimate of drug-likeness (QED) is 0.832. The molecular weight excluding hydrogens is 266 g/mol. The molecule has 20 heavy (non-hydrogen) atoms. The van der Waals surface area contributed by atoms with Crippen molar-refractivity contribution in [3.05, 3.63) is 10.6 Å². The van der Waals surface area contributed by atoms with Gasteiger partial charge in [-0.05, 0) is 31.1 Å². The molecule has 0 aliphatic heterocycles. The summed E-state index contributed by atoms with van der Waals surface area (Å²) in [6, 6.07) is 0.539. The van der Waals surface area contributed by atoms with E-state index in [9.17, 15) is 0 Å².